The molecule has 304 valence electrons. The molecule has 7 rings (SSSR count). The van der Waals surface area contributed by atoms with Crippen molar-refractivity contribution in [2.24, 2.45) is 0 Å². The number of hydrogen-bond acceptors (Lipinski definition) is 9. The largest absolute Gasteiger partial charge is 0.492 e. The molecule has 58 heavy (non-hydrogen) atoms. The quantitative estimate of drug-likeness (QED) is 0.134. The van der Waals surface area contributed by atoms with E-state index < -0.39 is 45.6 Å². The van der Waals surface area contributed by atoms with E-state index in [9.17, 15) is 36.6 Å². The second kappa shape index (κ2) is 20.2. The van der Waals surface area contributed by atoms with Gasteiger partial charge >= 0.3 is 11.9 Å². The zero-order chi connectivity index (χ0) is 40.1. The van der Waals surface area contributed by atoms with Gasteiger partial charge in [-0.2, -0.15) is 11.1 Å². The summed E-state index contributed by atoms with van der Waals surface area (Å²) < 4.78 is 68.4. The summed E-state index contributed by atoms with van der Waals surface area (Å²) in [6.07, 6.45) is 0. The normalized spacial score (nSPS) is 14.7. The van der Waals surface area contributed by atoms with E-state index in [2.05, 4.69) is 0 Å². The second-order valence-corrected chi connectivity index (χ2v) is 14.6. The van der Waals surface area contributed by atoms with Crippen molar-refractivity contribution >= 4 is 39.5 Å². The van der Waals surface area contributed by atoms with Gasteiger partial charge in [0.05, 0.1) is 48.4 Å². The van der Waals surface area contributed by atoms with Crippen LogP contribution in [0.1, 0.15) is 49.2 Å². The van der Waals surface area contributed by atoms with Crippen molar-refractivity contribution in [3.8, 4) is 28.0 Å². The fourth-order valence-corrected chi connectivity index (χ4v) is 8.16. The van der Waals surface area contributed by atoms with Crippen LogP contribution in [0.5, 0.6) is 5.75 Å². The number of sulfonamides is 1. The van der Waals surface area contributed by atoms with Crippen LogP contribution in [0.15, 0.2) is 114 Å². The summed E-state index contributed by atoms with van der Waals surface area (Å²) in [5.41, 5.74) is 7.66. The Hall–Kier alpha value is -4.09. The van der Waals surface area contributed by atoms with E-state index in [0.29, 0.717) is 44.7 Å². The molecule has 0 spiro atoms. The molecule has 2 N–H and O–H groups in total. The van der Waals surface area contributed by atoms with Gasteiger partial charge in [0.15, 0.2) is 0 Å². The molecule has 0 fully saturated rings. The van der Waals surface area contributed by atoms with E-state index in [4.69, 9.17) is 14.2 Å². The molecule has 0 saturated carbocycles. The van der Waals surface area contributed by atoms with Gasteiger partial charge in [-0.05, 0) is 83.3 Å². The third-order valence-electron chi connectivity index (χ3n) is 9.53. The standard InChI is InChI=1S/C24H21FN2O5S.C17H14FNO4.2Ar/c1-15-7-10-17(11-8-15)33(30,31)27-14-21(23(28)26-25)20-13-16(9-12-22(20)27)18-5-3-4-6-19(18)24(29)32-2;1-22-17(21)12-5-3-2-4-11(12)10-6-7-15-13(8-10)14(9-23-15)16(20)19-18;;/h3-13,21H,14H2,1-2H3,(H,26,28);2-8,14H,9H2,1H3,(H,19,20);;. The predicted molar refractivity (Wildman–Crippen MR) is 202 cm³/mol. The van der Waals surface area contributed by atoms with Crippen molar-refractivity contribution in [1.82, 2.24) is 11.1 Å². The monoisotopic (exact) mass is 863 g/mol. The number of amides is 2. The minimum atomic E-state index is -3.99. The molecule has 2 atom stereocenters. The molecule has 0 bridgehead atoms. The van der Waals surface area contributed by atoms with Gasteiger partial charge in [-0.15, -0.1) is 8.96 Å². The number of carbonyl (C=O) groups excluding carboxylic acids is 4. The first-order valence-electron chi connectivity index (χ1n) is 17.1. The summed E-state index contributed by atoms with van der Waals surface area (Å²) in [5.74, 6) is -3.91. The molecular weight excluding hydrogens is 828 g/mol. The first kappa shape index (κ1) is 46.6. The number of benzene rings is 5. The maximum atomic E-state index is 13.3. The van der Waals surface area contributed by atoms with E-state index >= 15 is 0 Å². The summed E-state index contributed by atoms with van der Waals surface area (Å²) in [6, 6.07) is 30.2. The van der Waals surface area contributed by atoms with E-state index in [0.717, 1.165) is 26.5 Å². The minimum Gasteiger partial charge on any atom is -0.492 e. The Bertz CT molecular complexity index is 2450. The number of ether oxygens (including phenoxy) is 3. The van der Waals surface area contributed by atoms with Gasteiger partial charge in [-0.25, -0.2) is 18.0 Å². The maximum absolute atomic E-state index is 13.3. The van der Waals surface area contributed by atoms with E-state index in [1.165, 1.54) is 26.4 Å². The van der Waals surface area contributed by atoms with Crippen molar-refractivity contribution < 1.29 is 126 Å². The molecule has 2 amide bonds. The fourth-order valence-electron chi connectivity index (χ4n) is 6.66. The summed E-state index contributed by atoms with van der Waals surface area (Å²) in [6.45, 7) is 1.69. The summed E-state index contributed by atoms with van der Waals surface area (Å²) in [4.78, 5) is 48.1. The van der Waals surface area contributed by atoms with E-state index in [1.807, 2.05) is 6.92 Å². The van der Waals surface area contributed by atoms with Crippen LogP contribution in [0.4, 0.5) is 14.6 Å². The Morgan fingerprint density at radius 3 is 1.72 bits per heavy atom. The van der Waals surface area contributed by atoms with Crippen LogP contribution in [0.3, 0.4) is 0 Å². The topological polar surface area (TPSA) is 157 Å². The van der Waals surface area contributed by atoms with Crippen LogP contribution >= 0.6 is 0 Å². The number of methoxy groups -OCH3 is 2. The van der Waals surface area contributed by atoms with Gasteiger partial charge < -0.3 is 14.2 Å². The number of fused-ring (bicyclic) bond motifs is 2. The first-order valence-corrected chi connectivity index (χ1v) is 18.5. The summed E-state index contributed by atoms with van der Waals surface area (Å²) in [7, 11) is -1.40. The number of halogens is 2. The third kappa shape index (κ3) is 9.52. The van der Waals surface area contributed by atoms with Crippen LogP contribution in [0, 0.1) is 82.4 Å². The molecule has 2 aliphatic rings. The Labute approximate surface area is 393 Å². The van der Waals surface area contributed by atoms with Crippen LogP contribution in [0.25, 0.3) is 22.3 Å². The van der Waals surface area contributed by atoms with Gasteiger partial charge in [0.25, 0.3) is 21.8 Å². The molecule has 0 aromatic heterocycles. The van der Waals surface area contributed by atoms with Crippen molar-refractivity contribution in [2.75, 3.05) is 31.7 Å². The second-order valence-electron chi connectivity index (χ2n) is 12.8. The zero-order valence-corrected chi connectivity index (χ0v) is 33.2. The molecule has 5 aromatic rings. The molecule has 0 aliphatic carbocycles. The van der Waals surface area contributed by atoms with Crippen molar-refractivity contribution in [1.29, 1.82) is 0 Å². The number of hydrogen-bond donors (Lipinski definition) is 2. The summed E-state index contributed by atoms with van der Waals surface area (Å²) in [5, 5.41) is 0. The number of esters is 2. The van der Waals surface area contributed by atoms with Gasteiger partial charge in [0.2, 0.25) is 0 Å². The molecule has 17 heteroatoms. The average molecular weight is 864 g/mol. The Morgan fingerprint density at radius 2 is 1.19 bits per heavy atom. The number of nitrogens with zero attached hydrogens (tertiary/aromatic N) is 1. The Morgan fingerprint density at radius 1 is 0.690 bits per heavy atom. The van der Waals surface area contributed by atoms with Gasteiger partial charge in [-0.1, -0.05) is 66.2 Å². The Kier molecular flexibility index (Phi) is 16.3. The summed E-state index contributed by atoms with van der Waals surface area (Å²) >= 11 is 0. The molecule has 2 heterocycles. The average Bonchev–Trinajstić information content (AvgIpc) is 3.85. The molecule has 2 aliphatic heterocycles. The zero-order valence-electron chi connectivity index (χ0n) is 31.0. The number of rotatable bonds is 8. The van der Waals surface area contributed by atoms with Crippen LogP contribution < -0.4 is 20.1 Å². The third-order valence-corrected chi connectivity index (χ3v) is 11.3. The predicted octanol–water partition coefficient (Wildman–Crippen LogP) is 6.36. The maximum Gasteiger partial charge on any atom is 0.338 e. The fraction of sp³-hybridized carbons (Fsp3) is 0.171. The number of nitrogens with one attached hydrogen (secondary N) is 2. The van der Waals surface area contributed by atoms with E-state index in [-0.39, 0.29) is 99.2 Å². The minimum absolute atomic E-state index is 0. The van der Waals surface area contributed by atoms with Crippen LogP contribution in [-0.2, 0) is 29.1 Å². The number of anilines is 1. The SMILES string of the molecule is COC(=O)c1ccccc1-c1ccc2c(c1)C(C(=O)NF)CN2S(=O)(=O)c1ccc(C)cc1.COC(=O)c1ccccc1-c1ccc2c(c1)C(C(=O)NF)CO2.[Ar].[Ar]. The van der Waals surface area contributed by atoms with Crippen molar-refractivity contribution in [3.63, 3.8) is 0 Å². The van der Waals surface area contributed by atoms with Crippen molar-refractivity contribution in [2.45, 2.75) is 23.7 Å². The van der Waals surface area contributed by atoms with Gasteiger partial charge in [0.1, 0.15) is 18.3 Å². The van der Waals surface area contributed by atoms with Crippen molar-refractivity contribution in [3.05, 3.63) is 137 Å². The van der Waals surface area contributed by atoms with Crippen LogP contribution in [0.2, 0.25) is 0 Å². The number of carbonyl (C=O) groups is 4. The molecule has 0 radical (unpaired) electrons. The Balaban J connectivity index is 0.000000263. The molecule has 2 unspecified atom stereocenters. The molecule has 0 saturated heterocycles. The van der Waals surface area contributed by atoms with Gasteiger partial charge in [-0.3, -0.25) is 13.9 Å². The molecular formula is C41H35Ar2F2N3O9S. The first-order chi connectivity index (χ1) is 26.9. The molecule has 12 nitrogen and oxygen atoms in total. The number of aryl methyl sites for hydroxylation is 1. The smallest absolute Gasteiger partial charge is 0.338 e. The molecule has 5 aromatic carbocycles. The van der Waals surface area contributed by atoms with Crippen LogP contribution in [-0.4, -0.2) is 59.5 Å². The van der Waals surface area contributed by atoms with Gasteiger partial charge in [0, 0.05) is 81.0 Å². The van der Waals surface area contributed by atoms with E-state index in [1.54, 1.807) is 97.1 Å².